The van der Waals surface area contributed by atoms with Crippen LogP contribution in [-0.2, 0) is 9.01 Å². The van der Waals surface area contributed by atoms with Crippen molar-refractivity contribution in [3.8, 4) is 0 Å². The highest BCUT2D eigenvalue weighted by atomic mass is 35.5. The Bertz CT molecular complexity index is 26.7. The molecule has 0 bridgehead atoms. The van der Waals surface area contributed by atoms with Gasteiger partial charge in [-0.25, -0.2) is 4.81 Å². The molecule has 4 nitrogen and oxygen atoms in total. The summed E-state index contributed by atoms with van der Waals surface area (Å²) in [4.78, 5) is 3.10. The average Bonchev–Trinajstić information content (AvgIpc) is 1.65. The molecule has 0 radical (unpaired) electrons. The Labute approximate surface area is 39.5 Å². The first-order chi connectivity index (χ1) is 2.81. The molecule has 0 aromatic carbocycles. The van der Waals surface area contributed by atoms with E-state index in [2.05, 4.69) is 20.9 Å². The van der Waals surface area contributed by atoms with Crippen LogP contribution in [0, 0.1) is 0 Å². The van der Waals surface area contributed by atoms with Gasteiger partial charge in [-0.15, -0.1) is 0 Å². The molecule has 0 unspecified atom stereocenters. The molecular weight excluding hydrogens is 110 g/mol. The van der Waals surface area contributed by atoms with Gasteiger partial charge in [0.05, 0.1) is 0 Å². The summed E-state index contributed by atoms with van der Waals surface area (Å²) in [6.45, 7) is 0. The number of hydrogen-bond acceptors (Lipinski definition) is 4. The number of halogens is 1. The Hall–Kier alpha value is 0.195. The Morgan fingerprint density at radius 2 is 2.17 bits per heavy atom. The zero-order chi connectivity index (χ0) is 4.99. The Balaban J connectivity index is 2.75. The van der Waals surface area contributed by atoms with Gasteiger partial charge in [-0.1, -0.05) is 0 Å². The van der Waals surface area contributed by atoms with Gasteiger partial charge in [0.2, 0.25) is 0 Å². The molecule has 2 N–H and O–H groups in total. The predicted molar refractivity (Wildman–Crippen MR) is 18.6 cm³/mol. The van der Waals surface area contributed by atoms with Crippen molar-refractivity contribution in [1.29, 1.82) is 0 Å². The highest BCUT2D eigenvalue weighted by Gasteiger charge is 2.12. The van der Waals surface area contributed by atoms with Crippen LogP contribution in [0.1, 0.15) is 0 Å². The summed E-state index contributed by atoms with van der Waals surface area (Å²) >= 11 is 4.42. The molecule has 0 heterocycles. The third-order valence-corrected chi connectivity index (χ3v) is 0.319. The summed E-state index contributed by atoms with van der Waals surface area (Å²) in [5.41, 5.74) is 0. The highest BCUT2D eigenvalue weighted by Crippen LogP contribution is 1.82. The van der Waals surface area contributed by atoms with Crippen LogP contribution in [0.3, 0.4) is 0 Å². The predicted octanol–water partition coefficient (Wildman–Crippen LogP) is -0.376. The van der Waals surface area contributed by atoms with Gasteiger partial charge in [0, 0.05) is 11.9 Å². The molecule has 0 aliphatic rings. The zero-order valence-corrected chi connectivity index (χ0v) is 3.42. The van der Waals surface area contributed by atoms with Gasteiger partial charge in [-0.05, 0) is 0 Å². The molecule has 0 spiro atoms. The van der Waals surface area contributed by atoms with Crippen LogP contribution in [-0.4, -0.2) is 17.6 Å². The standard InChI is InChI=1S/BClH2O4/c2-5-1(3)6-4/h3-4H. The van der Waals surface area contributed by atoms with Crippen LogP contribution in [0.2, 0.25) is 0 Å². The van der Waals surface area contributed by atoms with E-state index in [1.165, 1.54) is 0 Å². The van der Waals surface area contributed by atoms with Crippen molar-refractivity contribution >= 4 is 19.2 Å². The molecule has 0 aromatic heterocycles. The normalized spacial score (nSPS) is 8.50. The molecule has 0 amide bonds. The summed E-state index contributed by atoms with van der Waals surface area (Å²) in [7, 11) is -1.74. The summed E-state index contributed by atoms with van der Waals surface area (Å²) in [5.74, 6) is 0. The average molecular weight is 112 g/mol. The number of hydrogen-bond donors (Lipinski definition) is 2. The van der Waals surface area contributed by atoms with Crippen LogP contribution in [0.25, 0.3) is 0 Å². The van der Waals surface area contributed by atoms with Crippen LogP contribution in [0.5, 0.6) is 0 Å². The Kier molecular flexibility index (Phi) is 3.50. The van der Waals surface area contributed by atoms with Gasteiger partial charge >= 0.3 is 7.32 Å². The van der Waals surface area contributed by atoms with E-state index in [1.807, 2.05) is 0 Å². The second kappa shape index (κ2) is 3.39. The van der Waals surface area contributed by atoms with Gasteiger partial charge in [-0.2, -0.15) is 0 Å². The Morgan fingerprint density at radius 3 is 2.17 bits per heavy atom. The molecule has 0 atom stereocenters. The van der Waals surface area contributed by atoms with E-state index < -0.39 is 7.32 Å². The molecule has 0 rings (SSSR count). The summed E-state index contributed by atoms with van der Waals surface area (Å²) in [5, 5.41) is 15.2. The molecule has 0 saturated carbocycles. The highest BCUT2D eigenvalue weighted by molar-refractivity contribution is 6.41. The summed E-state index contributed by atoms with van der Waals surface area (Å²) in [6, 6.07) is 0. The van der Waals surface area contributed by atoms with Gasteiger partial charge < -0.3 is 5.02 Å². The fourth-order valence-corrected chi connectivity index (χ4v) is 0.0488. The summed E-state index contributed by atoms with van der Waals surface area (Å²) in [6.07, 6.45) is 0. The van der Waals surface area contributed by atoms with E-state index in [0.29, 0.717) is 0 Å². The number of rotatable bonds is 2. The maximum atomic E-state index is 7.84. The third kappa shape index (κ3) is 2.43. The van der Waals surface area contributed by atoms with Gasteiger partial charge in [0.1, 0.15) is 0 Å². The van der Waals surface area contributed by atoms with E-state index in [4.69, 9.17) is 10.3 Å². The van der Waals surface area contributed by atoms with Crippen LogP contribution in [0.4, 0.5) is 0 Å². The van der Waals surface area contributed by atoms with Crippen molar-refractivity contribution in [1.82, 2.24) is 0 Å². The van der Waals surface area contributed by atoms with Crippen LogP contribution >= 0.6 is 11.9 Å². The van der Waals surface area contributed by atoms with Crippen molar-refractivity contribution in [3.05, 3.63) is 0 Å². The maximum Gasteiger partial charge on any atom is 0.682 e. The zero-order valence-electron chi connectivity index (χ0n) is 2.67. The minimum absolute atomic E-state index is 1.74. The second-order valence-electron chi connectivity index (χ2n) is 0.502. The molecular formula is H2BClO4. The van der Waals surface area contributed by atoms with Crippen molar-refractivity contribution < 1.29 is 19.3 Å². The van der Waals surface area contributed by atoms with Gasteiger partial charge in [0.25, 0.3) is 0 Å². The molecule has 6 heavy (non-hydrogen) atoms. The molecule has 0 fully saturated rings. The van der Waals surface area contributed by atoms with E-state index in [9.17, 15) is 0 Å². The quantitative estimate of drug-likeness (QED) is 0.290. The van der Waals surface area contributed by atoms with E-state index >= 15 is 0 Å². The topological polar surface area (TPSA) is 58.9 Å². The SMILES string of the molecule is OOB(O)OCl. The van der Waals surface area contributed by atoms with Crippen molar-refractivity contribution in [2.45, 2.75) is 0 Å². The van der Waals surface area contributed by atoms with Crippen molar-refractivity contribution in [2.75, 3.05) is 0 Å². The lowest BCUT2D eigenvalue weighted by Crippen LogP contribution is -2.15. The fraction of sp³-hybridized carbons (Fsp3) is 0. The minimum atomic E-state index is -1.74. The second-order valence-corrected chi connectivity index (χ2v) is 0.680. The first-order valence-corrected chi connectivity index (χ1v) is 1.38. The van der Waals surface area contributed by atoms with E-state index in [0.717, 1.165) is 0 Å². The van der Waals surface area contributed by atoms with E-state index in [-0.39, 0.29) is 0 Å². The lowest BCUT2D eigenvalue weighted by atomic mass is 10.3. The first-order valence-electron chi connectivity index (χ1n) is 1.07. The maximum absolute atomic E-state index is 7.84. The molecule has 36 valence electrons. The third-order valence-electron chi connectivity index (χ3n) is 0.166. The monoisotopic (exact) mass is 112 g/mol. The largest absolute Gasteiger partial charge is 0.682 e. The molecule has 0 aliphatic heterocycles. The molecule has 6 heteroatoms. The Morgan fingerprint density at radius 1 is 1.67 bits per heavy atom. The summed E-state index contributed by atoms with van der Waals surface area (Å²) < 4.78 is 3.45. The lowest BCUT2D eigenvalue weighted by Gasteiger charge is -1.88. The lowest BCUT2D eigenvalue weighted by molar-refractivity contribution is -0.170. The smallest absolute Gasteiger partial charge is 0.399 e. The van der Waals surface area contributed by atoms with Crippen LogP contribution in [0.15, 0.2) is 0 Å². The minimum Gasteiger partial charge on any atom is -0.399 e. The first kappa shape index (κ1) is 6.19. The van der Waals surface area contributed by atoms with Gasteiger partial charge in [-0.3, -0.25) is 9.46 Å². The van der Waals surface area contributed by atoms with E-state index in [1.54, 1.807) is 0 Å². The van der Waals surface area contributed by atoms with Crippen LogP contribution < -0.4 is 0 Å². The molecule has 0 aliphatic carbocycles. The fourth-order valence-electron chi connectivity index (χ4n) is 0.0163. The molecule has 0 saturated heterocycles. The van der Waals surface area contributed by atoms with Gasteiger partial charge in [0.15, 0.2) is 0 Å². The van der Waals surface area contributed by atoms with Crippen molar-refractivity contribution in [2.24, 2.45) is 0 Å². The molecule has 0 aromatic rings. The van der Waals surface area contributed by atoms with Crippen molar-refractivity contribution in [3.63, 3.8) is 0 Å².